The molecule has 0 unspecified atom stereocenters. The first-order chi connectivity index (χ1) is 10.3. The zero-order valence-corrected chi connectivity index (χ0v) is 18.2. The molecule has 1 heterocycles. The van der Waals surface area contributed by atoms with Crippen LogP contribution in [-0.4, -0.2) is 61.8 Å². The predicted octanol–water partition coefficient (Wildman–Crippen LogP) is 2.85. The second-order valence-electron chi connectivity index (χ2n) is 7.37. The summed E-state index contributed by atoms with van der Waals surface area (Å²) in [5, 5.41) is 6.70. The van der Waals surface area contributed by atoms with Crippen LogP contribution in [0.15, 0.2) is 4.99 Å². The number of likely N-dealkylation sites (tertiary alicyclic amines) is 1. The van der Waals surface area contributed by atoms with Gasteiger partial charge in [-0.25, -0.2) is 0 Å². The summed E-state index contributed by atoms with van der Waals surface area (Å²) in [6.07, 6.45) is 3.99. The van der Waals surface area contributed by atoms with Crippen LogP contribution in [0.25, 0.3) is 0 Å². The van der Waals surface area contributed by atoms with Crippen LogP contribution in [0, 0.1) is 0 Å². The van der Waals surface area contributed by atoms with Crippen LogP contribution >= 0.6 is 24.0 Å². The number of ether oxygens (including phenoxy) is 1. The number of halogens is 1. The minimum Gasteiger partial charge on any atom is -0.377 e. The van der Waals surface area contributed by atoms with Gasteiger partial charge in [-0.05, 0) is 60.5 Å². The number of guanidine groups is 1. The molecule has 5 nitrogen and oxygen atoms in total. The molecule has 0 aliphatic carbocycles. The summed E-state index contributed by atoms with van der Waals surface area (Å²) in [5.74, 6) is 0.873. The third-order valence-corrected chi connectivity index (χ3v) is 4.41. The zero-order valence-electron chi connectivity index (χ0n) is 15.9. The molecule has 0 aromatic rings. The average Bonchev–Trinajstić information content (AvgIpc) is 2.51. The van der Waals surface area contributed by atoms with Gasteiger partial charge in [0.2, 0.25) is 0 Å². The minimum atomic E-state index is -0.196. The first-order valence-corrected chi connectivity index (χ1v) is 8.63. The molecule has 6 heteroatoms. The number of methoxy groups -OCH3 is 1. The highest BCUT2D eigenvalue weighted by Gasteiger charge is 2.27. The molecular weight excluding hydrogens is 403 g/mol. The smallest absolute Gasteiger partial charge is 0.191 e. The van der Waals surface area contributed by atoms with Gasteiger partial charge in [-0.15, -0.1) is 24.0 Å². The predicted molar refractivity (Wildman–Crippen MR) is 110 cm³/mol. The van der Waals surface area contributed by atoms with E-state index in [-0.39, 0.29) is 35.1 Å². The number of aliphatic imine (C=N–C) groups is 1. The van der Waals surface area contributed by atoms with E-state index in [0.29, 0.717) is 0 Å². The highest BCUT2D eigenvalue weighted by atomic mass is 127. The summed E-state index contributed by atoms with van der Waals surface area (Å²) in [4.78, 5) is 7.37. The fraction of sp³-hybridized carbons (Fsp3) is 0.941. The fourth-order valence-corrected chi connectivity index (χ4v) is 2.58. The second kappa shape index (κ2) is 10.7. The van der Waals surface area contributed by atoms with Crippen LogP contribution in [0.2, 0.25) is 0 Å². The molecule has 0 radical (unpaired) electrons. The van der Waals surface area contributed by atoms with Gasteiger partial charge in [0, 0.05) is 25.7 Å². The Morgan fingerprint density at radius 3 is 2.22 bits per heavy atom. The lowest BCUT2D eigenvalue weighted by Crippen LogP contribution is -2.50. The molecule has 1 rings (SSSR count). The topological polar surface area (TPSA) is 48.9 Å². The van der Waals surface area contributed by atoms with E-state index in [1.54, 1.807) is 7.11 Å². The lowest BCUT2D eigenvalue weighted by Gasteiger charge is -2.40. The van der Waals surface area contributed by atoms with Crippen LogP contribution in [0.4, 0.5) is 0 Å². The molecule has 1 aliphatic rings. The van der Waals surface area contributed by atoms with Gasteiger partial charge < -0.3 is 15.4 Å². The third-order valence-electron chi connectivity index (χ3n) is 4.41. The molecule has 1 fully saturated rings. The van der Waals surface area contributed by atoms with Gasteiger partial charge in [0.25, 0.3) is 0 Å². The molecule has 0 amide bonds. The lowest BCUT2D eigenvalue weighted by atomic mass is 9.99. The maximum atomic E-state index is 5.45. The van der Waals surface area contributed by atoms with Crippen LogP contribution in [0.3, 0.4) is 0 Å². The van der Waals surface area contributed by atoms with Crippen molar-refractivity contribution in [2.75, 3.05) is 39.8 Å². The Kier molecular flexibility index (Phi) is 10.7. The second-order valence-corrected chi connectivity index (χ2v) is 7.37. The minimum absolute atomic E-state index is 0. The van der Waals surface area contributed by atoms with Crippen molar-refractivity contribution in [2.45, 2.75) is 65.0 Å². The van der Waals surface area contributed by atoms with Crippen LogP contribution < -0.4 is 10.6 Å². The fourth-order valence-electron chi connectivity index (χ4n) is 2.58. The Morgan fingerprint density at radius 1 is 1.09 bits per heavy atom. The molecule has 0 saturated carbocycles. The quantitative estimate of drug-likeness (QED) is 0.363. The summed E-state index contributed by atoms with van der Waals surface area (Å²) in [7, 11) is 1.74. The molecule has 2 N–H and O–H groups in total. The Bertz CT molecular complexity index is 353. The van der Waals surface area contributed by atoms with Crippen molar-refractivity contribution in [3.8, 4) is 0 Å². The number of hydrogen-bond donors (Lipinski definition) is 2. The third kappa shape index (κ3) is 8.54. The van der Waals surface area contributed by atoms with Crippen LogP contribution in [0.5, 0.6) is 0 Å². The molecule has 23 heavy (non-hydrogen) atoms. The molecule has 1 saturated heterocycles. The molecule has 1 aliphatic heterocycles. The maximum absolute atomic E-state index is 5.45. The van der Waals surface area contributed by atoms with Crippen molar-refractivity contribution in [3.63, 3.8) is 0 Å². The van der Waals surface area contributed by atoms with Crippen molar-refractivity contribution in [1.82, 2.24) is 15.5 Å². The summed E-state index contributed by atoms with van der Waals surface area (Å²) in [6.45, 7) is 15.6. The number of nitrogens with zero attached hydrogens (tertiary/aromatic N) is 2. The SMILES string of the molecule is CCNC(=NCC(C)(C)N1CCCCC1)NCC(C)(C)OC.I. The summed E-state index contributed by atoms with van der Waals surface area (Å²) in [5.41, 5.74) is -0.0852. The van der Waals surface area contributed by atoms with Crippen LogP contribution in [-0.2, 0) is 4.74 Å². The van der Waals surface area contributed by atoms with Crippen molar-refractivity contribution in [2.24, 2.45) is 4.99 Å². The Morgan fingerprint density at radius 2 is 1.70 bits per heavy atom. The highest BCUT2D eigenvalue weighted by Crippen LogP contribution is 2.20. The molecular formula is C17H37IN4O. The molecule has 0 spiro atoms. The average molecular weight is 440 g/mol. The van der Waals surface area contributed by atoms with E-state index in [1.807, 2.05) is 0 Å². The molecule has 0 bridgehead atoms. The van der Waals surface area contributed by atoms with E-state index >= 15 is 0 Å². The van der Waals surface area contributed by atoms with Gasteiger partial charge in [0.05, 0.1) is 12.1 Å². The van der Waals surface area contributed by atoms with Crippen molar-refractivity contribution in [3.05, 3.63) is 0 Å². The molecule has 0 aromatic heterocycles. The van der Waals surface area contributed by atoms with Crippen molar-refractivity contribution < 1.29 is 4.74 Å². The van der Waals surface area contributed by atoms with Gasteiger partial charge in [0.15, 0.2) is 5.96 Å². The largest absolute Gasteiger partial charge is 0.377 e. The number of nitrogens with one attached hydrogen (secondary N) is 2. The van der Waals surface area contributed by atoms with E-state index in [9.17, 15) is 0 Å². The van der Waals surface area contributed by atoms with Gasteiger partial charge in [0.1, 0.15) is 0 Å². The van der Waals surface area contributed by atoms with E-state index < -0.39 is 0 Å². The monoisotopic (exact) mass is 440 g/mol. The standard InChI is InChI=1S/C17H36N4O.HI/c1-7-18-15(20-14-17(4,5)22-6)19-13-16(2,3)21-11-9-8-10-12-21;/h7-14H2,1-6H3,(H2,18,19,20);1H. The van der Waals surface area contributed by atoms with Gasteiger partial charge in [-0.2, -0.15) is 0 Å². The highest BCUT2D eigenvalue weighted by molar-refractivity contribution is 14.0. The van der Waals surface area contributed by atoms with E-state index in [0.717, 1.165) is 25.6 Å². The lowest BCUT2D eigenvalue weighted by molar-refractivity contribution is 0.0268. The van der Waals surface area contributed by atoms with Crippen LogP contribution in [0.1, 0.15) is 53.9 Å². The normalized spacial score (nSPS) is 17.6. The molecule has 0 atom stereocenters. The zero-order chi connectivity index (χ0) is 16.6. The van der Waals surface area contributed by atoms with E-state index in [4.69, 9.17) is 9.73 Å². The first kappa shape index (κ1) is 22.9. The molecule has 0 aromatic carbocycles. The summed E-state index contributed by atoms with van der Waals surface area (Å²) < 4.78 is 5.45. The number of rotatable bonds is 7. The number of hydrogen-bond acceptors (Lipinski definition) is 3. The van der Waals surface area contributed by atoms with Crippen molar-refractivity contribution in [1.29, 1.82) is 0 Å². The Labute approximate surface area is 160 Å². The van der Waals surface area contributed by atoms with Crippen molar-refractivity contribution >= 4 is 29.9 Å². The Hall–Kier alpha value is -0.0800. The van der Waals surface area contributed by atoms with Gasteiger partial charge in [-0.3, -0.25) is 9.89 Å². The van der Waals surface area contributed by atoms with Gasteiger partial charge >= 0.3 is 0 Å². The summed E-state index contributed by atoms with van der Waals surface area (Å²) >= 11 is 0. The first-order valence-electron chi connectivity index (χ1n) is 8.63. The Balaban J connectivity index is 0.00000484. The summed E-state index contributed by atoms with van der Waals surface area (Å²) in [6, 6.07) is 0. The number of piperidine rings is 1. The van der Waals surface area contributed by atoms with E-state index in [2.05, 4.69) is 50.2 Å². The van der Waals surface area contributed by atoms with Gasteiger partial charge in [-0.1, -0.05) is 6.42 Å². The molecule has 138 valence electrons. The van der Waals surface area contributed by atoms with E-state index in [1.165, 1.54) is 32.4 Å². The maximum Gasteiger partial charge on any atom is 0.191 e.